The Hall–Kier alpha value is -2.87. The molecule has 1 aliphatic heterocycles. The third kappa shape index (κ3) is 6.72. The Labute approximate surface area is 225 Å². The van der Waals surface area contributed by atoms with E-state index in [2.05, 4.69) is 5.32 Å². The Bertz CT molecular complexity index is 1120. The monoisotopic (exact) mass is 527 g/mol. The van der Waals surface area contributed by atoms with Gasteiger partial charge in [-0.3, -0.25) is 9.69 Å². The van der Waals surface area contributed by atoms with E-state index in [0.29, 0.717) is 17.1 Å². The maximum Gasteiger partial charge on any atom is 0.412 e. The number of nitrogens with one attached hydrogen (secondary N) is 1. The van der Waals surface area contributed by atoms with Crippen molar-refractivity contribution in [1.82, 2.24) is 4.90 Å². The predicted octanol–water partition coefficient (Wildman–Crippen LogP) is 6.56. The van der Waals surface area contributed by atoms with Crippen LogP contribution in [0.3, 0.4) is 0 Å². The lowest BCUT2D eigenvalue weighted by Gasteiger charge is -2.32. The normalized spacial score (nSPS) is 18.6. The van der Waals surface area contributed by atoms with E-state index in [1.165, 1.54) is 16.7 Å². The first-order valence-electron chi connectivity index (χ1n) is 12.6. The van der Waals surface area contributed by atoms with Crippen LogP contribution in [0.2, 0.25) is 0 Å². The molecule has 0 spiro atoms. The molecule has 2 atom stereocenters. The molecule has 2 amide bonds. The summed E-state index contributed by atoms with van der Waals surface area (Å²) in [6.45, 7) is 17.6. The minimum atomic E-state index is -0.743. The van der Waals surface area contributed by atoms with Crippen molar-refractivity contribution in [3.8, 4) is 5.75 Å². The number of nitrogens with zero attached hydrogens (tertiary/aromatic N) is 1. The van der Waals surface area contributed by atoms with E-state index in [9.17, 15) is 14.7 Å². The number of amides is 2. The van der Waals surface area contributed by atoms with Crippen LogP contribution in [0.15, 0.2) is 36.4 Å². The lowest BCUT2D eigenvalue weighted by Crippen LogP contribution is -2.47. The van der Waals surface area contributed by atoms with E-state index in [0.717, 1.165) is 16.7 Å². The van der Waals surface area contributed by atoms with Crippen LogP contribution in [-0.2, 0) is 20.4 Å². The van der Waals surface area contributed by atoms with Crippen LogP contribution in [-0.4, -0.2) is 39.4 Å². The summed E-state index contributed by atoms with van der Waals surface area (Å²) in [6.07, 6.45) is -0.545. The summed E-state index contributed by atoms with van der Waals surface area (Å²) >= 11 is 1.51. The van der Waals surface area contributed by atoms with E-state index in [-0.39, 0.29) is 27.9 Å². The SMILES string of the molecule is CC(C)(C)OC(=O)N1C(C(=O)Nc2cc(C(C)(C)C)c(O)c(C(C)(C)C)c2)CSC1c1ccc(N)cc1. The molecule has 1 aliphatic rings. The topological polar surface area (TPSA) is 105 Å². The summed E-state index contributed by atoms with van der Waals surface area (Å²) in [7, 11) is 0. The number of nitrogens with two attached hydrogens (primary N) is 1. The lowest BCUT2D eigenvalue weighted by molar-refractivity contribution is -0.120. The van der Waals surface area contributed by atoms with Crippen LogP contribution in [0, 0.1) is 0 Å². The summed E-state index contributed by atoms with van der Waals surface area (Å²) in [5.41, 5.74) is 8.06. The van der Waals surface area contributed by atoms with Gasteiger partial charge >= 0.3 is 6.09 Å². The molecule has 1 fully saturated rings. The molecule has 2 aromatic rings. The Morgan fingerprint density at radius 3 is 1.95 bits per heavy atom. The van der Waals surface area contributed by atoms with E-state index >= 15 is 0 Å². The van der Waals surface area contributed by atoms with Crippen molar-refractivity contribution in [2.24, 2.45) is 0 Å². The molecule has 0 saturated carbocycles. The molecule has 0 radical (unpaired) electrons. The van der Waals surface area contributed by atoms with Crippen LogP contribution in [0.4, 0.5) is 16.2 Å². The first kappa shape index (κ1) is 28.7. The number of hydrogen-bond donors (Lipinski definition) is 3. The zero-order valence-electron chi connectivity index (χ0n) is 23.4. The summed E-state index contributed by atoms with van der Waals surface area (Å²) in [6, 6.07) is 10.2. The summed E-state index contributed by atoms with van der Waals surface area (Å²) < 4.78 is 5.71. The minimum absolute atomic E-state index is 0.244. The highest BCUT2D eigenvalue weighted by molar-refractivity contribution is 7.99. The highest BCUT2D eigenvalue weighted by Gasteiger charge is 2.44. The van der Waals surface area contributed by atoms with Gasteiger partial charge in [-0.15, -0.1) is 11.8 Å². The fourth-order valence-electron chi connectivity index (χ4n) is 4.24. The van der Waals surface area contributed by atoms with Gasteiger partial charge in [0.1, 0.15) is 22.8 Å². The van der Waals surface area contributed by atoms with Gasteiger partial charge < -0.3 is 20.9 Å². The van der Waals surface area contributed by atoms with Gasteiger partial charge in [0.05, 0.1) is 0 Å². The van der Waals surface area contributed by atoms with Crippen molar-refractivity contribution < 1.29 is 19.4 Å². The fourth-order valence-corrected chi connectivity index (χ4v) is 5.66. The van der Waals surface area contributed by atoms with Gasteiger partial charge in [-0.2, -0.15) is 0 Å². The molecule has 7 nitrogen and oxygen atoms in total. The van der Waals surface area contributed by atoms with Crippen LogP contribution in [0.25, 0.3) is 0 Å². The first-order chi connectivity index (χ1) is 16.9. The second-order valence-corrected chi connectivity index (χ2v) is 13.8. The van der Waals surface area contributed by atoms with Crippen LogP contribution in [0.5, 0.6) is 5.75 Å². The quantitative estimate of drug-likeness (QED) is 0.308. The molecule has 1 heterocycles. The standard InChI is InChI=1S/C29H41N3O4S/c1-27(2,3)20-14-19(15-21(23(20)33)28(4,5)6)31-24(34)22-16-37-25(17-10-12-18(30)13-11-17)32(22)26(35)36-29(7,8)9/h10-15,22,25,33H,16,30H2,1-9H3,(H,31,34). The minimum Gasteiger partial charge on any atom is -0.507 e. The third-order valence-electron chi connectivity index (χ3n) is 6.12. The molecule has 3 rings (SSSR count). The van der Waals surface area contributed by atoms with Gasteiger partial charge in [0.15, 0.2) is 0 Å². The zero-order chi connectivity index (χ0) is 27.9. The summed E-state index contributed by atoms with van der Waals surface area (Å²) in [4.78, 5) is 28.5. The van der Waals surface area contributed by atoms with Gasteiger partial charge in [0.2, 0.25) is 5.91 Å². The number of hydrogen-bond acceptors (Lipinski definition) is 6. The van der Waals surface area contributed by atoms with E-state index < -0.39 is 17.7 Å². The van der Waals surface area contributed by atoms with Crippen molar-refractivity contribution >= 4 is 35.1 Å². The van der Waals surface area contributed by atoms with Gasteiger partial charge in [-0.1, -0.05) is 53.7 Å². The third-order valence-corrected chi connectivity index (χ3v) is 7.45. The summed E-state index contributed by atoms with van der Waals surface area (Å²) in [5.74, 6) is 0.353. The maximum atomic E-state index is 13.7. The Balaban J connectivity index is 1.98. The number of carbonyl (C=O) groups is 2. The molecule has 0 aromatic heterocycles. The number of anilines is 2. The largest absolute Gasteiger partial charge is 0.507 e. The second-order valence-electron chi connectivity index (χ2n) is 12.7. The highest BCUT2D eigenvalue weighted by atomic mass is 32.2. The molecular formula is C29H41N3O4S. The molecule has 1 saturated heterocycles. The zero-order valence-corrected chi connectivity index (χ0v) is 24.2. The number of benzene rings is 2. The van der Waals surface area contributed by atoms with Crippen LogP contribution >= 0.6 is 11.8 Å². The molecule has 4 N–H and O–H groups in total. The Morgan fingerprint density at radius 1 is 0.973 bits per heavy atom. The number of carbonyl (C=O) groups excluding carboxylic acids is 2. The average molecular weight is 528 g/mol. The molecule has 37 heavy (non-hydrogen) atoms. The number of phenols is 1. The van der Waals surface area contributed by atoms with E-state index in [4.69, 9.17) is 10.5 Å². The molecule has 2 unspecified atom stereocenters. The van der Waals surface area contributed by atoms with Crippen LogP contribution < -0.4 is 11.1 Å². The van der Waals surface area contributed by atoms with Crippen molar-refractivity contribution in [2.75, 3.05) is 16.8 Å². The molecular weight excluding hydrogens is 486 g/mol. The molecule has 0 aliphatic carbocycles. The average Bonchev–Trinajstić information content (AvgIpc) is 3.18. The number of ether oxygens (including phenoxy) is 1. The second kappa shape index (κ2) is 10.1. The Kier molecular flexibility index (Phi) is 7.85. The number of phenolic OH excluding ortho intramolecular Hbond substituents is 1. The lowest BCUT2D eigenvalue weighted by atomic mass is 9.79. The van der Waals surface area contributed by atoms with Crippen molar-refractivity contribution in [1.29, 1.82) is 0 Å². The number of rotatable bonds is 3. The van der Waals surface area contributed by atoms with Gasteiger partial charge in [0.25, 0.3) is 0 Å². The molecule has 202 valence electrons. The Morgan fingerprint density at radius 2 is 1.49 bits per heavy atom. The fraction of sp³-hybridized carbons (Fsp3) is 0.517. The van der Waals surface area contributed by atoms with Crippen LogP contribution in [0.1, 0.15) is 84.4 Å². The summed E-state index contributed by atoms with van der Waals surface area (Å²) in [5, 5.41) is 13.7. The van der Waals surface area contributed by atoms with Crippen molar-refractivity contribution in [2.45, 2.75) is 90.2 Å². The van der Waals surface area contributed by atoms with E-state index in [1.807, 2.05) is 65.8 Å². The highest BCUT2D eigenvalue weighted by Crippen LogP contribution is 2.44. The van der Waals surface area contributed by atoms with Crippen molar-refractivity contribution in [3.05, 3.63) is 53.1 Å². The molecule has 8 heteroatoms. The molecule has 2 aromatic carbocycles. The van der Waals surface area contributed by atoms with Gasteiger partial charge in [0, 0.05) is 28.3 Å². The maximum absolute atomic E-state index is 13.7. The van der Waals surface area contributed by atoms with Gasteiger partial charge in [-0.25, -0.2) is 4.79 Å². The number of aromatic hydroxyl groups is 1. The number of nitrogen functional groups attached to an aromatic ring is 1. The smallest absolute Gasteiger partial charge is 0.412 e. The number of thioether (sulfide) groups is 1. The van der Waals surface area contributed by atoms with Gasteiger partial charge in [-0.05, 0) is 61.4 Å². The van der Waals surface area contributed by atoms with Crippen molar-refractivity contribution in [3.63, 3.8) is 0 Å². The predicted molar refractivity (Wildman–Crippen MR) is 152 cm³/mol. The molecule has 0 bridgehead atoms. The first-order valence-corrected chi connectivity index (χ1v) is 13.6. The van der Waals surface area contributed by atoms with E-state index in [1.54, 1.807) is 32.9 Å².